The average Bonchev–Trinajstić information content (AvgIpc) is 2.49. The van der Waals surface area contributed by atoms with E-state index >= 15 is 0 Å². The fourth-order valence-corrected chi connectivity index (χ4v) is 1.75. The van der Waals surface area contributed by atoms with Crippen LogP contribution in [0.2, 0.25) is 0 Å². The van der Waals surface area contributed by atoms with Gasteiger partial charge in [0, 0.05) is 0 Å². The SMILES string of the molecule is CC[O-].C[N+](C)(C)c1ccccc1.C[N+](C)(C)c1ccccc1.[Cl-]. The molecule has 2 aromatic rings. The van der Waals surface area contributed by atoms with Crippen molar-refractivity contribution >= 4 is 11.4 Å². The molecule has 0 saturated heterocycles. The van der Waals surface area contributed by atoms with Gasteiger partial charge in [-0.2, -0.15) is 0 Å². The maximum Gasteiger partial charge on any atom is 0.132 e. The zero-order valence-electron chi connectivity index (χ0n) is 16.2. The number of nitrogens with zero attached hydrogens (tertiary/aromatic N) is 2. The van der Waals surface area contributed by atoms with Crippen LogP contribution in [0, 0.1) is 0 Å². The zero-order chi connectivity index (χ0) is 17.9. The van der Waals surface area contributed by atoms with E-state index in [9.17, 15) is 0 Å². The minimum atomic E-state index is 0. The second-order valence-corrected chi connectivity index (χ2v) is 6.98. The topological polar surface area (TPSA) is 23.1 Å². The summed E-state index contributed by atoms with van der Waals surface area (Å²) in [6.07, 6.45) is 0. The van der Waals surface area contributed by atoms with Gasteiger partial charge in [-0.25, -0.2) is 0 Å². The summed E-state index contributed by atoms with van der Waals surface area (Å²) in [5.74, 6) is 0. The molecule has 0 N–H and O–H groups in total. The van der Waals surface area contributed by atoms with Crippen LogP contribution in [0.5, 0.6) is 0 Å². The number of hydrogen-bond acceptors (Lipinski definition) is 1. The van der Waals surface area contributed by atoms with Crippen LogP contribution in [0.1, 0.15) is 6.92 Å². The van der Waals surface area contributed by atoms with Crippen LogP contribution in [-0.2, 0) is 0 Å². The third-order valence-corrected chi connectivity index (χ3v) is 3.06. The van der Waals surface area contributed by atoms with Gasteiger partial charge in [-0.3, -0.25) is 8.97 Å². The van der Waals surface area contributed by atoms with Crippen molar-refractivity contribution in [3.05, 3.63) is 60.7 Å². The molecular formula is C20H33ClN2O. The molecule has 2 aromatic carbocycles. The fourth-order valence-electron chi connectivity index (χ4n) is 1.75. The summed E-state index contributed by atoms with van der Waals surface area (Å²) in [4.78, 5) is 0. The first-order chi connectivity index (χ1) is 10.6. The first-order valence-corrected chi connectivity index (χ1v) is 7.95. The van der Waals surface area contributed by atoms with E-state index in [0.29, 0.717) is 0 Å². The molecule has 3 nitrogen and oxygen atoms in total. The highest BCUT2D eigenvalue weighted by molar-refractivity contribution is 5.40. The monoisotopic (exact) mass is 352 g/mol. The average molecular weight is 353 g/mol. The number of rotatable bonds is 2. The highest BCUT2D eigenvalue weighted by Crippen LogP contribution is 2.14. The summed E-state index contributed by atoms with van der Waals surface area (Å²) in [6.45, 7) is 1.57. The number of quaternary nitrogens is 2. The molecule has 0 spiro atoms. The molecule has 0 fully saturated rings. The van der Waals surface area contributed by atoms with Gasteiger partial charge in [0.05, 0.1) is 42.3 Å². The molecule has 4 heteroatoms. The molecule has 0 aliphatic rings. The van der Waals surface area contributed by atoms with Crippen LogP contribution in [-0.4, -0.2) is 48.9 Å². The third-order valence-electron chi connectivity index (χ3n) is 3.06. The van der Waals surface area contributed by atoms with Crippen LogP contribution in [0.3, 0.4) is 0 Å². The van der Waals surface area contributed by atoms with E-state index in [1.807, 2.05) is 12.1 Å². The molecule has 24 heavy (non-hydrogen) atoms. The van der Waals surface area contributed by atoms with Crippen LogP contribution in [0.15, 0.2) is 60.7 Å². The van der Waals surface area contributed by atoms with Crippen molar-refractivity contribution in [2.24, 2.45) is 0 Å². The fraction of sp³-hybridized carbons (Fsp3) is 0.400. The van der Waals surface area contributed by atoms with E-state index < -0.39 is 0 Å². The summed E-state index contributed by atoms with van der Waals surface area (Å²) in [7, 11) is 13.0. The molecule has 0 radical (unpaired) electrons. The van der Waals surface area contributed by atoms with Crippen molar-refractivity contribution < 1.29 is 17.5 Å². The molecule has 0 unspecified atom stereocenters. The van der Waals surface area contributed by atoms with Crippen molar-refractivity contribution in [1.82, 2.24) is 8.97 Å². The van der Waals surface area contributed by atoms with Gasteiger partial charge < -0.3 is 17.5 Å². The predicted molar refractivity (Wildman–Crippen MR) is 103 cm³/mol. The Morgan fingerprint density at radius 2 is 0.833 bits per heavy atom. The number of para-hydroxylation sites is 2. The van der Waals surface area contributed by atoms with Gasteiger partial charge in [0.1, 0.15) is 11.4 Å². The summed E-state index contributed by atoms with van der Waals surface area (Å²) in [5.41, 5.74) is 2.67. The number of benzene rings is 2. The van der Waals surface area contributed by atoms with E-state index in [-0.39, 0.29) is 19.0 Å². The molecule has 136 valence electrons. The van der Waals surface area contributed by atoms with Gasteiger partial charge in [0.15, 0.2) is 0 Å². The lowest BCUT2D eigenvalue weighted by Crippen LogP contribution is -3.00. The molecule has 0 aliphatic carbocycles. The minimum Gasteiger partial charge on any atom is -1.00 e. The Morgan fingerprint density at radius 3 is 0.958 bits per heavy atom. The molecule has 2 rings (SSSR count). The van der Waals surface area contributed by atoms with Crippen LogP contribution in [0.4, 0.5) is 11.4 Å². The normalized spacial score (nSPS) is 10.3. The number of hydrogen-bond donors (Lipinski definition) is 0. The van der Waals surface area contributed by atoms with Crippen LogP contribution < -0.4 is 26.5 Å². The first kappa shape index (κ1) is 24.9. The van der Waals surface area contributed by atoms with E-state index in [0.717, 1.165) is 8.97 Å². The van der Waals surface area contributed by atoms with Crippen molar-refractivity contribution in [2.75, 3.05) is 48.9 Å². The van der Waals surface area contributed by atoms with Crippen LogP contribution >= 0.6 is 0 Å². The summed E-state index contributed by atoms with van der Waals surface area (Å²) in [6, 6.07) is 20.9. The summed E-state index contributed by atoms with van der Waals surface area (Å²) in [5, 5.41) is 8.93. The molecule has 0 bridgehead atoms. The Labute approximate surface area is 154 Å². The Bertz CT molecular complexity index is 467. The second-order valence-electron chi connectivity index (χ2n) is 6.98. The molecule has 0 aromatic heterocycles. The molecule has 0 heterocycles. The van der Waals surface area contributed by atoms with E-state index in [4.69, 9.17) is 5.11 Å². The van der Waals surface area contributed by atoms with E-state index in [1.54, 1.807) is 6.92 Å². The van der Waals surface area contributed by atoms with E-state index in [2.05, 4.69) is 90.8 Å². The van der Waals surface area contributed by atoms with Gasteiger partial charge in [-0.15, -0.1) is 6.61 Å². The van der Waals surface area contributed by atoms with Gasteiger partial charge in [0.25, 0.3) is 0 Å². The summed E-state index contributed by atoms with van der Waals surface area (Å²) >= 11 is 0. The molecular weight excluding hydrogens is 320 g/mol. The lowest BCUT2D eigenvalue weighted by Gasteiger charge is -2.22. The Kier molecular flexibility index (Phi) is 12.5. The maximum atomic E-state index is 8.93. The Hall–Kier alpha value is -1.39. The van der Waals surface area contributed by atoms with Gasteiger partial charge in [-0.1, -0.05) is 43.3 Å². The van der Waals surface area contributed by atoms with Gasteiger partial charge >= 0.3 is 0 Å². The van der Waals surface area contributed by atoms with Crippen molar-refractivity contribution in [3.63, 3.8) is 0 Å². The van der Waals surface area contributed by atoms with Crippen LogP contribution in [0.25, 0.3) is 0 Å². The lowest BCUT2D eigenvalue weighted by molar-refractivity contribution is -0.361. The Morgan fingerprint density at radius 1 is 0.625 bits per heavy atom. The highest BCUT2D eigenvalue weighted by Gasteiger charge is 2.09. The van der Waals surface area contributed by atoms with Crippen molar-refractivity contribution in [2.45, 2.75) is 6.92 Å². The van der Waals surface area contributed by atoms with Crippen molar-refractivity contribution in [1.29, 1.82) is 0 Å². The molecule has 0 aliphatic heterocycles. The van der Waals surface area contributed by atoms with Crippen molar-refractivity contribution in [3.8, 4) is 0 Å². The maximum absolute atomic E-state index is 8.93. The smallest absolute Gasteiger partial charge is 0.132 e. The largest absolute Gasteiger partial charge is 1.00 e. The highest BCUT2D eigenvalue weighted by atomic mass is 35.5. The Balaban J connectivity index is 0. The quantitative estimate of drug-likeness (QED) is 0.705. The van der Waals surface area contributed by atoms with E-state index in [1.165, 1.54) is 11.4 Å². The molecule has 0 amide bonds. The first-order valence-electron chi connectivity index (χ1n) is 7.95. The predicted octanol–water partition coefficient (Wildman–Crippen LogP) is 0.137. The third kappa shape index (κ3) is 11.2. The van der Waals surface area contributed by atoms with Gasteiger partial charge in [0.2, 0.25) is 0 Å². The summed E-state index contributed by atoms with van der Waals surface area (Å²) < 4.78 is 1.78. The second kappa shape index (κ2) is 12.0. The zero-order valence-corrected chi connectivity index (χ0v) is 16.9. The molecule has 0 saturated carbocycles. The minimum absolute atomic E-state index is 0. The standard InChI is InChI=1S/2C9H14N.C2H5O.ClH/c2*1-10(2,3)9-7-5-4-6-8-9;1-2-3;/h2*4-8H,1-3H3;2H2,1H3;1H/q2*+1;-1;/p-1. The lowest BCUT2D eigenvalue weighted by atomic mass is 10.3. The molecule has 0 atom stereocenters. The number of halogens is 1. The van der Waals surface area contributed by atoms with Gasteiger partial charge in [-0.05, 0) is 24.3 Å².